The number of amides is 1. The van der Waals surface area contributed by atoms with Gasteiger partial charge in [0.25, 0.3) is 0 Å². The number of piperidine rings is 1. The van der Waals surface area contributed by atoms with Gasteiger partial charge in [-0.05, 0) is 86.3 Å². The molecule has 232 valence electrons. The van der Waals surface area contributed by atoms with Crippen molar-refractivity contribution in [2.45, 2.75) is 50.3 Å². The first kappa shape index (κ1) is 31.6. The van der Waals surface area contributed by atoms with Gasteiger partial charge in [-0.25, -0.2) is 9.97 Å². The molecule has 1 amide bonds. The number of aromatic nitrogens is 2. The number of anilines is 1. The summed E-state index contributed by atoms with van der Waals surface area (Å²) in [6, 6.07) is 21.1. The van der Waals surface area contributed by atoms with E-state index in [9.17, 15) is 9.00 Å². The molecule has 0 bridgehead atoms. The number of nitrogens with zero attached hydrogens (tertiary/aromatic N) is 3. The van der Waals surface area contributed by atoms with Crippen molar-refractivity contribution >= 4 is 33.4 Å². The predicted octanol–water partition coefficient (Wildman–Crippen LogP) is 6.21. The lowest BCUT2D eigenvalue weighted by molar-refractivity contribution is -0.117. The zero-order chi connectivity index (χ0) is 31.1. The Hall–Kier alpha value is -3.82. The van der Waals surface area contributed by atoms with E-state index in [2.05, 4.69) is 24.1 Å². The van der Waals surface area contributed by atoms with Crippen LogP contribution in [0.5, 0.6) is 11.5 Å². The summed E-state index contributed by atoms with van der Waals surface area (Å²) in [5.74, 6) is 2.43. The van der Waals surface area contributed by atoms with Gasteiger partial charge in [0.1, 0.15) is 11.5 Å². The fourth-order valence-corrected chi connectivity index (χ4v) is 6.88. The highest BCUT2D eigenvalue weighted by molar-refractivity contribution is 7.85. The van der Waals surface area contributed by atoms with Gasteiger partial charge in [0, 0.05) is 34.7 Å². The Morgan fingerprint density at radius 1 is 0.977 bits per heavy atom. The van der Waals surface area contributed by atoms with E-state index in [4.69, 9.17) is 19.4 Å². The topological polar surface area (TPSA) is 93.6 Å². The van der Waals surface area contributed by atoms with Crippen LogP contribution in [0.15, 0.2) is 71.6 Å². The molecule has 1 aromatic heterocycles. The minimum atomic E-state index is -1.30. The zero-order valence-corrected chi connectivity index (χ0v) is 26.9. The third-order valence-corrected chi connectivity index (χ3v) is 9.69. The number of carbonyl (C=O) groups is 1. The lowest BCUT2D eigenvalue weighted by Gasteiger charge is -2.29. The third kappa shape index (κ3) is 7.81. The number of rotatable bonds is 12. The molecule has 44 heavy (non-hydrogen) atoms. The molecule has 5 rings (SSSR count). The van der Waals surface area contributed by atoms with Gasteiger partial charge in [0.05, 0.1) is 54.0 Å². The Morgan fingerprint density at radius 2 is 1.66 bits per heavy atom. The first-order valence-electron chi connectivity index (χ1n) is 15.4. The van der Waals surface area contributed by atoms with Crippen LogP contribution in [0.3, 0.4) is 0 Å². The first-order chi connectivity index (χ1) is 21.4. The summed E-state index contributed by atoms with van der Waals surface area (Å²) >= 11 is 0. The molecule has 2 heterocycles. The highest BCUT2D eigenvalue weighted by atomic mass is 32.2. The molecule has 1 aliphatic rings. The van der Waals surface area contributed by atoms with Gasteiger partial charge in [-0.1, -0.05) is 32.0 Å². The van der Waals surface area contributed by atoms with Crippen LogP contribution in [0.1, 0.15) is 56.0 Å². The van der Waals surface area contributed by atoms with Gasteiger partial charge in [-0.15, -0.1) is 0 Å². The molecule has 0 radical (unpaired) electrons. The lowest BCUT2D eigenvalue weighted by Crippen LogP contribution is -2.38. The smallest absolute Gasteiger partial charge is 0.238 e. The molecule has 9 heteroatoms. The maximum absolute atomic E-state index is 13.6. The Balaban J connectivity index is 1.34. The Bertz CT molecular complexity index is 1600. The van der Waals surface area contributed by atoms with Crippen molar-refractivity contribution in [2.24, 2.45) is 5.92 Å². The van der Waals surface area contributed by atoms with Crippen LogP contribution in [0.25, 0.3) is 11.0 Å². The van der Waals surface area contributed by atoms with Crippen LogP contribution in [-0.4, -0.2) is 64.6 Å². The minimum Gasteiger partial charge on any atom is -0.497 e. The van der Waals surface area contributed by atoms with Crippen molar-refractivity contribution in [3.63, 3.8) is 0 Å². The Morgan fingerprint density at radius 3 is 2.32 bits per heavy atom. The van der Waals surface area contributed by atoms with Crippen LogP contribution in [-0.2, 0) is 22.0 Å². The second-order valence-corrected chi connectivity index (χ2v) is 13.1. The summed E-state index contributed by atoms with van der Waals surface area (Å²) in [5.41, 5.74) is 5.01. The highest BCUT2D eigenvalue weighted by Gasteiger charge is 2.23. The highest BCUT2D eigenvalue weighted by Crippen LogP contribution is 2.35. The molecule has 4 aromatic rings. The van der Waals surface area contributed by atoms with Crippen molar-refractivity contribution < 1.29 is 18.5 Å². The Kier molecular flexibility index (Phi) is 10.6. The molecule has 1 N–H and O–H groups in total. The molecule has 2 unspecified atom stereocenters. The molecule has 3 aromatic carbocycles. The number of fused-ring (bicyclic) bond motifs is 1. The lowest BCUT2D eigenvalue weighted by atomic mass is 9.90. The molecular weight excluding hydrogens is 572 g/mol. The van der Waals surface area contributed by atoms with Gasteiger partial charge in [-0.2, -0.15) is 0 Å². The summed E-state index contributed by atoms with van der Waals surface area (Å²) < 4.78 is 24.7. The van der Waals surface area contributed by atoms with Crippen molar-refractivity contribution in [3.8, 4) is 11.5 Å². The van der Waals surface area contributed by atoms with Gasteiger partial charge in [0.2, 0.25) is 5.91 Å². The largest absolute Gasteiger partial charge is 0.497 e. The average Bonchev–Trinajstić information content (AvgIpc) is 3.04. The Labute approximate surface area is 262 Å². The fourth-order valence-electron chi connectivity index (χ4n) is 5.78. The molecule has 1 fully saturated rings. The van der Waals surface area contributed by atoms with E-state index in [0.29, 0.717) is 40.8 Å². The molecule has 1 aliphatic heterocycles. The molecule has 8 nitrogen and oxygen atoms in total. The molecule has 0 saturated carbocycles. The number of nitrogens with one attached hydrogen (secondary N) is 1. The molecule has 0 spiro atoms. The van der Waals surface area contributed by atoms with Crippen LogP contribution >= 0.6 is 0 Å². The van der Waals surface area contributed by atoms with Gasteiger partial charge < -0.3 is 14.8 Å². The zero-order valence-electron chi connectivity index (χ0n) is 26.0. The summed E-state index contributed by atoms with van der Waals surface area (Å²) in [4.78, 5) is 25.7. The second kappa shape index (κ2) is 14.8. The first-order valence-corrected chi connectivity index (χ1v) is 16.7. The monoisotopic (exact) mass is 614 g/mol. The van der Waals surface area contributed by atoms with E-state index < -0.39 is 10.8 Å². The SMILES string of the molecule is CCC(c1cc(OC)cc(OC)c1)c1nc2ccccc2nc1CCS(=O)c1cccc(NC(=O)CN2CCC(C)CC2)c1. The van der Waals surface area contributed by atoms with E-state index in [1.807, 2.05) is 66.7 Å². The summed E-state index contributed by atoms with van der Waals surface area (Å²) in [6.07, 6.45) is 3.52. The van der Waals surface area contributed by atoms with Crippen LogP contribution < -0.4 is 14.8 Å². The number of aryl methyl sites for hydroxylation is 1. The number of likely N-dealkylation sites (tertiary alicyclic amines) is 1. The molecule has 2 atom stereocenters. The van der Waals surface area contributed by atoms with E-state index in [1.54, 1.807) is 14.2 Å². The predicted molar refractivity (Wildman–Crippen MR) is 176 cm³/mol. The normalized spacial score (nSPS) is 15.5. The second-order valence-electron chi connectivity index (χ2n) is 11.5. The van der Waals surface area contributed by atoms with Gasteiger partial charge in [0.15, 0.2) is 0 Å². The van der Waals surface area contributed by atoms with E-state index in [-0.39, 0.29) is 11.8 Å². The number of benzene rings is 3. The summed E-state index contributed by atoms with van der Waals surface area (Å²) in [7, 11) is 1.99. The summed E-state index contributed by atoms with van der Waals surface area (Å²) in [6.45, 7) is 6.66. The quantitative estimate of drug-likeness (QED) is 0.203. The maximum Gasteiger partial charge on any atom is 0.238 e. The fraction of sp³-hybridized carbons (Fsp3) is 0.400. The number of methoxy groups -OCH3 is 2. The third-order valence-electron chi connectivity index (χ3n) is 8.34. The minimum absolute atomic E-state index is 0.0432. The molecular formula is C35H42N4O4S. The molecule has 1 saturated heterocycles. The average molecular weight is 615 g/mol. The van der Waals surface area contributed by atoms with Crippen LogP contribution in [0.2, 0.25) is 0 Å². The van der Waals surface area contributed by atoms with Gasteiger partial charge >= 0.3 is 0 Å². The van der Waals surface area contributed by atoms with Crippen LogP contribution in [0, 0.1) is 5.92 Å². The van der Waals surface area contributed by atoms with Crippen LogP contribution in [0.4, 0.5) is 5.69 Å². The number of hydrogen-bond acceptors (Lipinski definition) is 7. The van der Waals surface area contributed by atoms with Gasteiger partial charge in [-0.3, -0.25) is 13.9 Å². The van der Waals surface area contributed by atoms with Crippen molar-refractivity contribution in [1.29, 1.82) is 0 Å². The number of ether oxygens (including phenoxy) is 2. The standard InChI is InChI=1S/C35H42N4O4S/c1-5-30(25-19-27(42-3)22-28(20-25)43-4)35-33(37-31-11-6-7-12-32(31)38-35)15-18-44(41)29-10-8-9-26(21-29)36-34(40)23-39-16-13-24(2)14-17-39/h6-12,19-22,24,30H,5,13-18,23H2,1-4H3,(H,36,40). The van der Waals surface area contributed by atoms with Crippen molar-refractivity contribution in [3.05, 3.63) is 83.7 Å². The maximum atomic E-state index is 13.6. The van der Waals surface area contributed by atoms with E-state index >= 15 is 0 Å². The van der Waals surface area contributed by atoms with Crippen molar-refractivity contribution in [1.82, 2.24) is 14.9 Å². The van der Waals surface area contributed by atoms with E-state index in [1.165, 1.54) is 0 Å². The number of carbonyl (C=O) groups excluding carboxylic acids is 1. The van der Waals surface area contributed by atoms with Crippen molar-refractivity contribution in [2.75, 3.05) is 44.9 Å². The molecule has 0 aliphatic carbocycles. The van der Waals surface area contributed by atoms with E-state index in [0.717, 1.165) is 66.3 Å². The summed E-state index contributed by atoms with van der Waals surface area (Å²) in [5, 5.41) is 3.00. The number of hydrogen-bond donors (Lipinski definition) is 1. The number of para-hydroxylation sites is 2.